The molecule has 0 aliphatic heterocycles. The summed E-state index contributed by atoms with van der Waals surface area (Å²) in [5, 5.41) is 10.2. The van der Waals surface area contributed by atoms with Crippen LogP contribution >= 0.6 is 15.9 Å². The number of hydrogen-bond donors (Lipinski definition) is 1. The van der Waals surface area contributed by atoms with Crippen molar-refractivity contribution in [2.45, 2.75) is 25.2 Å². The van der Waals surface area contributed by atoms with Gasteiger partial charge in [-0.2, -0.15) is 0 Å². The van der Waals surface area contributed by atoms with Gasteiger partial charge in [0.15, 0.2) is 6.29 Å². The molecule has 0 aliphatic carbocycles. The van der Waals surface area contributed by atoms with E-state index in [2.05, 4.69) is 15.9 Å². The molecule has 0 saturated carbocycles. The van der Waals surface area contributed by atoms with Crippen LogP contribution in [0, 0.1) is 0 Å². The van der Waals surface area contributed by atoms with Crippen LogP contribution in [-0.4, -0.2) is 31.2 Å². The Bertz CT molecular complexity index is 318. The summed E-state index contributed by atoms with van der Waals surface area (Å²) in [6, 6.07) is 7.81. The SMILES string of the molecule is COC(OC)C(C)(O)Cc1ccc(Br)cc1. The van der Waals surface area contributed by atoms with Gasteiger partial charge in [0.1, 0.15) is 5.60 Å². The van der Waals surface area contributed by atoms with Crippen molar-refractivity contribution in [2.24, 2.45) is 0 Å². The second-order valence-corrected chi connectivity index (χ2v) is 4.88. The zero-order chi connectivity index (χ0) is 12.2. The standard InChI is InChI=1S/C12H17BrO3/c1-12(14,11(15-2)16-3)8-9-4-6-10(13)7-5-9/h4-7,11,14H,8H2,1-3H3. The lowest BCUT2D eigenvalue weighted by atomic mass is 9.96. The predicted molar refractivity (Wildman–Crippen MR) is 66.3 cm³/mol. The maximum absolute atomic E-state index is 10.2. The molecule has 0 aliphatic rings. The molecule has 4 heteroatoms. The van der Waals surface area contributed by atoms with Crippen LogP contribution in [0.25, 0.3) is 0 Å². The molecule has 0 spiro atoms. The average molecular weight is 289 g/mol. The van der Waals surface area contributed by atoms with E-state index in [1.54, 1.807) is 6.92 Å². The largest absolute Gasteiger partial charge is 0.385 e. The molecule has 3 nitrogen and oxygen atoms in total. The van der Waals surface area contributed by atoms with E-state index in [0.717, 1.165) is 10.0 Å². The molecule has 16 heavy (non-hydrogen) atoms. The molecule has 0 saturated heterocycles. The van der Waals surface area contributed by atoms with Gasteiger partial charge in [0.25, 0.3) is 0 Å². The highest BCUT2D eigenvalue weighted by Gasteiger charge is 2.32. The molecule has 0 radical (unpaired) electrons. The van der Waals surface area contributed by atoms with Gasteiger partial charge in [0.2, 0.25) is 0 Å². The topological polar surface area (TPSA) is 38.7 Å². The molecule has 1 N–H and O–H groups in total. The Morgan fingerprint density at radius 2 is 1.75 bits per heavy atom. The Hall–Kier alpha value is -0.420. The summed E-state index contributed by atoms with van der Waals surface area (Å²) in [6.07, 6.45) is -0.150. The first kappa shape index (κ1) is 13.6. The Kier molecular flexibility index (Phi) is 4.92. The summed E-state index contributed by atoms with van der Waals surface area (Å²) in [5.74, 6) is 0. The van der Waals surface area contributed by atoms with Crippen molar-refractivity contribution in [1.82, 2.24) is 0 Å². The van der Waals surface area contributed by atoms with Crippen molar-refractivity contribution < 1.29 is 14.6 Å². The third-order valence-corrected chi connectivity index (χ3v) is 2.94. The van der Waals surface area contributed by atoms with E-state index < -0.39 is 11.9 Å². The average Bonchev–Trinajstić information content (AvgIpc) is 2.22. The highest BCUT2D eigenvalue weighted by Crippen LogP contribution is 2.21. The lowest BCUT2D eigenvalue weighted by Gasteiger charge is -2.30. The summed E-state index contributed by atoms with van der Waals surface area (Å²) in [6.45, 7) is 1.70. The predicted octanol–water partition coefficient (Wildman–Crippen LogP) is 2.36. The van der Waals surface area contributed by atoms with Crippen molar-refractivity contribution in [1.29, 1.82) is 0 Å². The van der Waals surface area contributed by atoms with Crippen LogP contribution in [-0.2, 0) is 15.9 Å². The maximum Gasteiger partial charge on any atom is 0.185 e. The number of benzene rings is 1. The van der Waals surface area contributed by atoms with E-state index >= 15 is 0 Å². The third-order valence-electron chi connectivity index (χ3n) is 2.41. The number of ether oxygens (including phenoxy) is 2. The van der Waals surface area contributed by atoms with Crippen molar-refractivity contribution in [3.63, 3.8) is 0 Å². The monoisotopic (exact) mass is 288 g/mol. The first-order valence-corrected chi connectivity index (χ1v) is 5.81. The number of rotatable bonds is 5. The number of methoxy groups -OCH3 is 2. The fraction of sp³-hybridized carbons (Fsp3) is 0.500. The van der Waals surface area contributed by atoms with Gasteiger partial charge in [0, 0.05) is 25.1 Å². The lowest BCUT2D eigenvalue weighted by Crippen LogP contribution is -2.43. The van der Waals surface area contributed by atoms with E-state index in [1.807, 2.05) is 24.3 Å². The fourth-order valence-corrected chi connectivity index (χ4v) is 1.97. The third kappa shape index (κ3) is 3.56. The number of hydrogen-bond acceptors (Lipinski definition) is 3. The van der Waals surface area contributed by atoms with Gasteiger partial charge in [-0.05, 0) is 24.6 Å². The Morgan fingerprint density at radius 3 is 2.19 bits per heavy atom. The molecule has 90 valence electrons. The van der Waals surface area contributed by atoms with Gasteiger partial charge in [-0.1, -0.05) is 28.1 Å². The van der Waals surface area contributed by atoms with Crippen LogP contribution in [0.2, 0.25) is 0 Å². The molecule has 1 atom stereocenters. The van der Waals surface area contributed by atoms with Crippen molar-refractivity contribution >= 4 is 15.9 Å². The Labute approximate surface area is 105 Å². The van der Waals surface area contributed by atoms with Crippen LogP contribution in [0.4, 0.5) is 0 Å². The molecular formula is C12H17BrO3. The summed E-state index contributed by atoms with van der Waals surface area (Å²) in [4.78, 5) is 0. The molecule has 0 heterocycles. The number of aliphatic hydroxyl groups is 1. The van der Waals surface area contributed by atoms with Crippen molar-refractivity contribution in [2.75, 3.05) is 14.2 Å². The van der Waals surface area contributed by atoms with Gasteiger partial charge < -0.3 is 14.6 Å². The Morgan fingerprint density at radius 1 is 1.25 bits per heavy atom. The molecule has 0 fully saturated rings. The van der Waals surface area contributed by atoms with Crippen LogP contribution in [0.5, 0.6) is 0 Å². The molecule has 1 rings (SSSR count). The van der Waals surface area contributed by atoms with E-state index in [-0.39, 0.29) is 0 Å². The van der Waals surface area contributed by atoms with Crippen LogP contribution in [0.15, 0.2) is 28.7 Å². The van der Waals surface area contributed by atoms with Gasteiger partial charge in [0.05, 0.1) is 0 Å². The quantitative estimate of drug-likeness (QED) is 0.846. The minimum atomic E-state index is -1.04. The minimum absolute atomic E-state index is 0.479. The molecule has 0 amide bonds. The van der Waals surface area contributed by atoms with Gasteiger partial charge >= 0.3 is 0 Å². The summed E-state index contributed by atoms with van der Waals surface area (Å²) >= 11 is 3.37. The summed E-state index contributed by atoms with van der Waals surface area (Å²) in [7, 11) is 3.04. The highest BCUT2D eigenvalue weighted by molar-refractivity contribution is 9.10. The van der Waals surface area contributed by atoms with E-state index in [0.29, 0.717) is 6.42 Å². The second kappa shape index (κ2) is 5.77. The van der Waals surface area contributed by atoms with Gasteiger partial charge in [-0.25, -0.2) is 0 Å². The molecule has 0 aromatic heterocycles. The van der Waals surface area contributed by atoms with Crippen LogP contribution < -0.4 is 0 Å². The highest BCUT2D eigenvalue weighted by atomic mass is 79.9. The zero-order valence-electron chi connectivity index (χ0n) is 9.74. The van der Waals surface area contributed by atoms with E-state index in [9.17, 15) is 5.11 Å². The molecule has 1 unspecified atom stereocenters. The molecule has 0 bridgehead atoms. The summed E-state index contributed by atoms with van der Waals surface area (Å²) < 4.78 is 11.2. The lowest BCUT2D eigenvalue weighted by molar-refractivity contribution is -0.207. The summed E-state index contributed by atoms with van der Waals surface area (Å²) in [5.41, 5.74) is -0.00978. The smallest absolute Gasteiger partial charge is 0.185 e. The maximum atomic E-state index is 10.2. The van der Waals surface area contributed by atoms with Crippen molar-refractivity contribution in [3.05, 3.63) is 34.3 Å². The van der Waals surface area contributed by atoms with E-state index in [4.69, 9.17) is 9.47 Å². The first-order chi connectivity index (χ1) is 7.49. The van der Waals surface area contributed by atoms with E-state index in [1.165, 1.54) is 14.2 Å². The van der Waals surface area contributed by atoms with Crippen LogP contribution in [0.3, 0.4) is 0 Å². The minimum Gasteiger partial charge on any atom is -0.385 e. The molecular weight excluding hydrogens is 272 g/mol. The Balaban J connectivity index is 2.75. The molecule has 1 aromatic carbocycles. The fourth-order valence-electron chi connectivity index (χ4n) is 1.70. The molecule has 1 aromatic rings. The number of halogens is 1. The van der Waals surface area contributed by atoms with Crippen molar-refractivity contribution in [3.8, 4) is 0 Å². The van der Waals surface area contributed by atoms with Crippen LogP contribution in [0.1, 0.15) is 12.5 Å². The zero-order valence-corrected chi connectivity index (χ0v) is 11.3. The second-order valence-electron chi connectivity index (χ2n) is 3.96. The first-order valence-electron chi connectivity index (χ1n) is 5.02. The van der Waals surface area contributed by atoms with Gasteiger partial charge in [-0.15, -0.1) is 0 Å². The normalized spacial score (nSPS) is 15.1. The van der Waals surface area contributed by atoms with Gasteiger partial charge in [-0.3, -0.25) is 0 Å².